The Labute approximate surface area is 169 Å². The van der Waals surface area contributed by atoms with Gasteiger partial charge < -0.3 is 14.0 Å². The van der Waals surface area contributed by atoms with Gasteiger partial charge in [0.15, 0.2) is 4.96 Å². The Morgan fingerprint density at radius 1 is 1.24 bits per heavy atom. The standard InChI is InChI=1S/C20H17N3O5S/c1-12-16(13(2)28-22-12)11-26-17-6-4-3-5-15(17)19(25)27-10-14-9-18(24)23-7-8-29-20(23)21-14/h3-9H,10-11H2,1-2H3. The van der Waals surface area contributed by atoms with Gasteiger partial charge in [0.2, 0.25) is 0 Å². The van der Waals surface area contributed by atoms with Crippen LogP contribution in [-0.4, -0.2) is 20.5 Å². The van der Waals surface area contributed by atoms with Gasteiger partial charge in [-0.15, -0.1) is 11.3 Å². The second kappa shape index (κ2) is 7.88. The number of benzene rings is 1. The predicted octanol–water partition coefficient (Wildman–Crippen LogP) is 3.30. The molecule has 3 heterocycles. The van der Waals surface area contributed by atoms with Crippen LogP contribution in [0.5, 0.6) is 5.75 Å². The quantitative estimate of drug-likeness (QED) is 0.449. The van der Waals surface area contributed by atoms with Crippen LogP contribution in [0.4, 0.5) is 0 Å². The Hall–Kier alpha value is -3.46. The molecule has 0 aliphatic rings. The Morgan fingerprint density at radius 2 is 2.07 bits per heavy atom. The van der Waals surface area contributed by atoms with Gasteiger partial charge in [0.25, 0.3) is 5.56 Å². The molecule has 4 aromatic rings. The molecule has 0 amide bonds. The summed E-state index contributed by atoms with van der Waals surface area (Å²) >= 11 is 1.33. The van der Waals surface area contributed by atoms with E-state index >= 15 is 0 Å². The fraction of sp³-hybridized carbons (Fsp3) is 0.200. The molecule has 0 saturated carbocycles. The van der Waals surface area contributed by atoms with Gasteiger partial charge in [0.1, 0.15) is 30.3 Å². The first kappa shape index (κ1) is 18.9. The summed E-state index contributed by atoms with van der Waals surface area (Å²) in [4.78, 5) is 29.5. The molecule has 0 saturated heterocycles. The van der Waals surface area contributed by atoms with E-state index in [-0.39, 0.29) is 24.3 Å². The van der Waals surface area contributed by atoms with E-state index in [0.29, 0.717) is 22.2 Å². The number of carbonyl (C=O) groups excluding carboxylic acids is 1. The van der Waals surface area contributed by atoms with E-state index < -0.39 is 5.97 Å². The summed E-state index contributed by atoms with van der Waals surface area (Å²) in [5.41, 5.74) is 2.03. The van der Waals surface area contributed by atoms with Gasteiger partial charge in [-0.05, 0) is 26.0 Å². The SMILES string of the molecule is Cc1noc(C)c1COc1ccccc1C(=O)OCc1cc(=O)n2ccsc2n1. The smallest absolute Gasteiger partial charge is 0.342 e. The molecule has 0 N–H and O–H groups in total. The summed E-state index contributed by atoms with van der Waals surface area (Å²) in [5.74, 6) is 0.496. The van der Waals surface area contributed by atoms with Crippen LogP contribution in [-0.2, 0) is 18.0 Å². The van der Waals surface area contributed by atoms with Gasteiger partial charge in [-0.2, -0.15) is 0 Å². The minimum absolute atomic E-state index is 0.110. The van der Waals surface area contributed by atoms with Crippen molar-refractivity contribution in [1.82, 2.24) is 14.5 Å². The second-order valence-corrected chi connectivity index (χ2v) is 7.18. The van der Waals surface area contributed by atoms with E-state index in [1.807, 2.05) is 6.92 Å². The average Bonchev–Trinajstić information content (AvgIpc) is 3.32. The van der Waals surface area contributed by atoms with E-state index in [4.69, 9.17) is 14.0 Å². The molecule has 9 heteroatoms. The van der Waals surface area contributed by atoms with E-state index in [9.17, 15) is 9.59 Å². The molecule has 0 bridgehead atoms. The summed E-state index contributed by atoms with van der Waals surface area (Å²) in [6, 6.07) is 8.16. The van der Waals surface area contributed by atoms with Crippen molar-refractivity contribution in [2.45, 2.75) is 27.1 Å². The largest absolute Gasteiger partial charge is 0.488 e. The predicted molar refractivity (Wildman–Crippen MR) is 105 cm³/mol. The van der Waals surface area contributed by atoms with Crippen LogP contribution in [0, 0.1) is 13.8 Å². The molecule has 0 unspecified atom stereocenters. The van der Waals surface area contributed by atoms with Crippen molar-refractivity contribution in [2.24, 2.45) is 0 Å². The number of para-hydroxylation sites is 1. The van der Waals surface area contributed by atoms with Crippen LogP contribution >= 0.6 is 11.3 Å². The minimum Gasteiger partial charge on any atom is -0.488 e. The number of nitrogens with zero attached hydrogens (tertiary/aromatic N) is 3. The molecule has 3 aromatic heterocycles. The average molecular weight is 411 g/mol. The van der Waals surface area contributed by atoms with Crippen molar-refractivity contribution >= 4 is 22.3 Å². The maximum absolute atomic E-state index is 12.6. The Balaban J connectivity index is 1.47. The third-order valence-corrected chi connectivity index (χ3v) is 5.12. The lowest BCUT2D eigenvalue weighted by molar-refractivity contribution is 0.0462. The first-order chi connectivity index (χ1) is 14.0. The van der Waals surface area contributed by atoms with Crippen LogP contribution in [0.1, 0.15) is 33.1 Å². The van der Waals surface area contributed by atoms with Crippen molar-refractivity contribution in [2.75, 3.05) is 0 Å². The summed E-state index contributed by atoms with van der Waals surface area (Å²) in [7, 11) is 0. The highest BCUT2D eigenvalue weighted by Crippen LogP contribution is 2.22. The molecule has 0 atom stereocenters. The summed E-state index contributed by atoms with van der Waals surface area (Å²) < 4.78 is 17.7. The fourth-order valence-corrected chi connectivity index (χ4v) is 3.54. The number of hydrogen-bond acceptors (Lipinski definition) is 8. The molecule has 4 rings (SSSR count). The Bertz CT molecular complexity index is 1220. The van der Waals surface area contributed by atoms with Crippen molar-refractivity contribution in [1.29, 1.82) is 0 Å². The van der Waals surface area contributed by atoms with Gasteiger partial charge in [-0.3, -0.25) is 9.20 Å². The molecule has 0 fully saturated rings. The zero-order chi connectivity index (χ0) is 20.4. The van der Waals surface area contributed by atoms with E-state index in [1.165, 1.54) is 21.8 Å². The van der Waals surface area contributed by atoms with Gasteiger partial charge in [0, 0.05) is 17.6 Å². The molecule has 0 radical (unpaired) electrons. The van der Waals surface area contributed by atoms with E-state index in [1.54, 1.807) is 42.8 Å². The number of hydrogen-bond donors (Lipinski definition) is 0. The van der Waals surface area contributed by atoms with Crippen molar-refractivity contribution in [3.05, 3.63) is 80.5 Å². The van der Waals surface area contributed by atoms with Crippen molar-refractivity contribution in [3.8, 4) is 5.75 Å². The minimum atomic E-state index is -0.562. The number of rotatable bonds is 6. The molecule has 8 nitrogen and oxygen atoms in total. The highest BCUT2D eigenvalue weighted by atomic mass is 32.1. The summed E-state index contributed by atoms with van der Waals surface area (Å²) in [6.07, 6.45) is 1.65. The van der Waals surface area contributed by atoms with Crippen LogP contribution in [0.3, 0.4) is 0 Å². The Morgan fingerprint density at radius 3 is 2.86 bits per heavy atom. The number of aromatic nitrogens is 3. The number of ether oxygens (including phenoxy) is 2. The molecule has 0 aliphatic heterocycles. The van der Waals surface area contributed by atoms with E-state index in [2.05, 4.69) is 10.1 Å². The third kappa shape index (κ3) is 3.90. The summed E-state index contributed by atoms with van der Waals surface area (Å²) in [5, 5.41) is 5.66. The molecule has 1 aromatic carbocycles. The normalized spacial score (nSPS) is 11.0. The van der Waals surface area contributed by atoms with Crippen LogP contribution in [0.25, 0.3) is 4.96 Å². The van der Waals surface area contributed by atoms with Gasteiger partial charge in [0.05, 0.1) is 17.0 Å². The zero-order valence-corrected chi connectivity index (χ0v) is 16.6. The highest BCUT2D eigenvalue weighted by molar-refractivity contribution is 7.15. The fourth-order valence-electron chi connectivity index (χ4n) is 2.80. The third-order valence-electron chi connectivity index (χ3n) is 4.37. The maximum atomic E-state index is 12.6. The maximum Gasteiger partial charge on any atom is 0.342 e. The van der Waals surface area contributed by atoms with Crippen molar-refractivity contribution < 1.29 is 18.8 Å². The highest BCUT2D eigenvalue weighted by Gasteiger charge is 2.16. The van der Waals surface area contributed by atoms with Gasteiger partial charge >= 0.3 is 5.97 Å². The van der Waals surface area contributed by atoms with Crippen LogP contribution in [0.15, 0.2) is 51.2 Å². The molecule has 29 heavy (non-hydrogen) atoms. The first-order valence-electron chi connectivity index (χ1n) is 8.79. The van der Waals surface area contributed by atoms with Crippen LogP contribution in [0.2, 0.25) is 0 Å². The number of esters is 1. The monoisotopic (exact) mass is 411 g/mol. The van der Waals surface area contributed by atoms with Crippen LogP contribution < -0.4 is 10.3 Å². The molecule has 0 spiro atoms. The number of thiazole rings is 1. The molecular formula is C20H17N3O5S. The lowest BCUT2D eigenvalue weighted by Gasteiger charge is -2.11. The van der Waals surface area contributed by atoms with Crippen molar-refractivity contribution in [3.63, 3.8) is 0 Å². The first-order valence-corrected chi connectivity index (χ1v) is 9.67. The van der Waals surface area contributed by atoms with E-state index in [0.717, 1.165) is 11.3 Å². The number of fused-ring (bicyclic) bond motifs is 1. The Kier molecular flexibility index (Phi) is 5.13. The lowest BCUT2D eigenvalue weighted by Crippen LogP contribution is -2.15. The molecule has 0 aliphatic carbocycles. The number of carbonyl (C=O) groups is 1. The van der Waals surface area contributed by atoms with Gasteiger partial charge in [-0.25, -0.2) is 9.78 Å². The molecule has 148 valence electrons. The summed E-state index contributed by atoms with van der Waals surface area (Å²) in [6.45, 7) is 3.74. The zero-order valence-electron chi connectivity index (χ0n) is 15.7. The number of aryl methyl sites for hydroxylation is 2. The molecular weight excluding hydrogens is 394 g/mol. The lowest BCUT2D eigenvalue weighted by atomic mass is 10.2. The van der Waals surface area contributed by atoms with Gasteiger partial charge in [-0.1, -0.05) is 17.3 Å². The second-order valence-electron chi connectivity index (χ2n) is 6.30. The topological polar surface area (TPSA) is 95.9 Å².